The lowest BCUT2D eigenvalue weighted by Crippen LogP contribution is -2.32. The third-order valence-corrected chi connectivity index (χ3v) is 5.92. The van der Waals surface area contributed by atoms with Crippen LogP contribution in [-0.2, 0) is 10.0 Å². The summed E-state index contributed by atoms with van der Waals surface area (Å²) in [6.07, 6.45) is 4.12. The predicted octanol–water partition coefficient (Wildman–Crippen LogP) is 2.77. The van der Waals surface area contributed by atoms with Crippen LogP contribution in [0.2, 0.25) is 0 Å². The lowest BCUT2D eigenvalue weighted by Gasteiger charge is -2.12. The summed E-state index contributed by atoms with van der Waals surface area (Å²) in [5, 5.41) is 23.3. The van der Waals surface area contributed by atoms with Crippen molar-refractivity contribution in [3.63, 3.8) is 0 Å². The standard InChI is InChI=1S/C18H19N3O6S/c22-17-10-9-15(11-16(17)21(24)25)28(26,27)20-14-7-5-12(6-8-14)18(23)19-13-3-1-2-4-13/h5-11,13,20,22H,1-4H2,(H,19,23). The van der Waals surface area contributed by atoms with Gasteiger partial charge < -0.3 is 10.4 Å². The molecule has 1 fully saturated rings. The van der Waals surface area contributed by atoms with Crippen LogP contribution in [0.5, 0.6) is 5.75 Å². The van der Waals surface area contributed by atoms with Crippen LogP contribution in [-0.4, -0.2) is 30.4 Å². The number of benzene rings is 2. The second-order valence-electron chi connectivity index (χ2n) is 6.55. The molecule has 2 aromatic carbocycles. The first-order chi connectivity index (χ1) is 13.3. The SMILES string of the molecule is O=C(NC1CCCC1)c1ccc(NS(=O)(=O)c2ccc(O)c([N+](=O)[O-])c2)cc1. The van der Waals surface area contributed by atoms with Gasteiger partial charge in [-0.15, -0.1) is 0 Å². The lowest BCUT2D eigenvalue weighted by atomic mass is 10.1. The van der Waals surface area contributed by atoms with E-state index in [2.05, 4.69) is 10.0 Å². The van der Waals surface area contributed by atoms with Crippen LogP contribution in [0.25, 0.3) is 0 Å². The van der Waals surface area contributed by atoms with Gasteiger partial charge in [-0.1, -0.05) is 12.8 Å². The van der Waals surface area contributed by atoms with E-state index in [1.807, 2.05) is 0 Å². The van der Waals surface area contributed by atoms with Gasteiger partial charge in [-0.3, -0.25) is 19.6 Å². The summed E-state index contributed by atoms with van der Waals surface area (Å²) in [4.78, 5) is 21.9. The van der Waals surface area contributed by atoms with E-state index in [1.165, 1.54) is 24.3 Å². The molecule has 1 amide bonds. The van der Waals surface area contributed by atoms with Gasteiger partial charge in [-0.25, -0.2) is 8.42 Å². The molecule has 10 heteroatoms. The van der Waals surface area contributed by atoms with Crippen molar-refractivity contribution >= 4 is 27.3 Å². The van der Waals surface area contributed by atoms with Crippen LogP contribution in [0.4, 0.5) is 11.4 Å². The van der Waals surface area contributed by atoms with Crippen molar-refractivity contribution < 1.29 is 23.2 Å². The summed E-state index contributed by atoms with van der Waals surface area (Å²) >= 11 is 0. The van der Waals surface area contributed by atoms with Crippen LogP contribution < -0.4 is 10.0 Å². The van der Waals surface area contributed by atoms with Gasteiger partial charge in [0.15, 0.2) is 5.75 Å². The van der Waals surface area contributed by atoms with E-state index in [9.17, 15) is 28.4 Å². The van der Waals surface area contributed by atoms with Gasteiger partial charge in [0.2, 0.25) is 0 Å². The van der Waals surface area contributed by atoms with Crippen LogP contribution in [0.15, 0.2) is 47.4 Å². The molecule has 1 saturated carbocycles. The molecule has 3 rings (SSSR count). The molecule has 0 bridgehead atoms. The van der Waals surface area contributed by atoms with Gasteiger partial charge in [0.1, 0.15) is 0 Å². The Hall–Kier alpha value is -3.14. The Morgan fingerprint density at radius 2 is 1.75 bits per heavy atom. The Kier molecular flexibility index (Phi) is 5.50. The number of sulfonamides is 1. The number of hydrogen-bond donors (Lipinski definition) is 3. The molecule has 0 unspecified atom stereocenters. The fourth-order valence-corrected chi connectivity index (χ4v) is 4.14. The van der Waals surface area contributed by atoms with Gasteiger partial charge in [-0.05, 0) is 49.2 Å². The van der Waals surface area contributed by atoms with Gasteiger partial charge >= 0.3 is 5.69 Å². The maximum Gasteiger partial charge on any atom is 0.312 e. The average Bonchev–Trinajstić information content (AvgIpc) is 3.15. The number of rotatable bonds is 6. The Morgan fingerprint density at radius 3 is 2.36 bits per heavy atom. The molecule has 0 spiro atoms. The molecule has 0 heterocycles. The highest BCUT2D eigenvalue weighted by Crippen LogP contribution is 2.29. The molecular formula is C18H19N3O6S. The van der Waals surface area contributed by atoms with Crippen molar-refractivity contribution in [1.29, 1.82) is 0 Å². The third kappa shape index (κ3) is 4.39. The van der Waals surface area contributed by atoms with Crippen LogP contribution >= 0.6 is 0 Å². The monoisotopic (exact) mass is 405 g/mol. The van der Waals surface area contributed by atoms with Crippen molar-refractivity contribution in [2.24, 2.45) is 0 Å². The number of anilines is 1. The first-order valence-electron chi connectivity index (χ1n) is 8.67. The second-order valence-corrected chi connectivity index (χ2v) is 8.23. The summed E-state index contributed by atoms with van der Waals surface area (Å²) in [7, 11) is -4.10. The molecule has 0 atom stereocenters. The number of phenolic OH excluding ortho intramolecular Hbond substituents is 1. The molecule has 0 saturated heterocycles. The van der Waals surface area contributed by atoms with E-state index in [0.29, 0.717) is 5.56 Å². The van der Waals surface area contributed by atoms with Crippen LogP contribution in [0.3, 0.4) is 0 Å². The van der Waals surface area contributed by atoms with E-state index >= 15 is 0 Å². The zero-order valence-electron chi connectivity index (χ0n) is 14.8. The van der Waals surface area contributed by atoms with Crippen molar-refractivity contribution in [2.45, 2.75) is 36.6 Å². The van der Waals surface area contributed by atoms with E-state index in [-0.39, 0.29) is 22.5 Å². The van der Waals surface area contributed by atoms with Gasteiger partial charge in [0, 0.05) is 23.4 Å². The van der Waals surface area contributed by atoms with Crippen molar-refractivity contribution in [1.82, 2.24) is 5.32 Å². The number of nitro groups is 1. The molecular weight excluding hydrogens is 386 g/mol. The minimum atomic E-state index is -4.10. The van der Waals surface area contributed by atoms with Crippen molar-refractivity contribution in [2.75, 3.05) is 4.72 Å². The molecule has 28 heavy (non-hydrogen) atoms. The minimum absolute atomic E-state index is 0.177. The first kappa shape index (κ1) is 19.6. The number of nitrogens with zero attached hydrogens (tertiary/aromatic N) is 1. The number of carbonyl (C=O) groups excluding carboxylic acids is 1. The zero-order chi connectivity index (χ0) is 20.3. The molecule has 9 nitrogen and oxygen atoms in total. The van der Waals surface area contributed by atoms with E-state index in [4.69, 9.17) is 0 Å². The number of nitrogens with one attached hydrogen (secondary N) is 2. The van der Waals surface area contributed by atoms with Gasteiger partial charge in [0.05, 0.1) is 9.82 Å². The van der Waals surface area contributed by atoms with E-state index in [1.54, 1.807) is 0 Å². The number of carbonyl (C=O) groups is 1. The fraction of sp³-hybridized carbons (Fsp3) is 0.278. The number of amides is 1. The Morgan fingerprint density at radius 1 is 1.11 bits per heavy atom. The molecule has 1 aliphatic carbocycles. The van der Waals surface area contributed by atoms with Crippen molar-refractivity contribution in [3.05, 3.63) is 58.1 Å². The second kappa shape index (κ2) is 7.85. The predicted molar refractivity (Wildman–Crippen MR) is 102 cm³/mol. The lowest BCUT2D eigenvalue weighted by molar-refractivity contribution is -0.386. The molecule has 148 valence electrons. The van der Waals surface area contributed by atoms with E-state index < -0.39 is 26.4 Å². The fourth-order valence-electron chi connectivity index (χ4n) is 3.06. The molecule has 0 aromatic heterocycles. The summed E-state index contributed by atoms with van der Waals surface area (Å²) in [5.41, 5.74) is -0.0925. The summed E-state index contributed by atoms with van der Waals surface area (Å²) in [5.74, 6) is -0.836. The zero-order valence-corrected chi connectivity index (χ0v) is 15.6. The third-order valence-electron chi connectivity index (χ3n) is 4.54. The maximum atomic E-state index is 12.4. The summed E-state index contributed by atoms with van der Waals surface area (Å²) < 4.78 is 27.2. The maximum absolute atomic E-state index is 12.4. The smallest absolute Gasteiger partial charge is 0.312 e. The molecule has 0 aliphatic heterocycles. The topological polar surface area (TPSA) is 139 Å². The molecule has 2 aromatic rings. The Balaban J connectivity index is 1.73. The quantitative estimate of drug-likeness (QED) is 0.499. The highest BCUT2D eigenvalue weighted by Gasteiger charge is 2.22. The molecule has 1 aliphatic rings. The average molecular weight is 405 g/mol. The van der Waals surface area contributed by atoms with Gasteiger partial charge in [0.25, 0.3) is 15.9 Å². The van der Waals surface area contributed by atoms with Gasteiger partial charge in [-0.2, -0.15) is 0 Å². The number of phenols is 1. The molecule has 3 N–H and O–H groups in total. The highest BCUT2D eigenvalue weighted by molar-refractivity contribution is 7.92. The van der Waals surface area contributed by atoms with Crippen LogP contribution in [0.1, 0.15) is 36.0 Å². The van der Waals surface area contributed by atoms with E-state index in [0.717, 1.165) is 43.9 Å². The summed E-state index contributed by atoms with van der Waals surface area (Å²) in [6, 6.07) is 8.85. The van der Waals surface area contributed by atoms with Crippen LogP contribution in [0, 0.1) is 10.1 Å². The first-order valence-corrected chi connectivity index (χ1v) is 10.2. The normalized spacial score (nSPS) is 14.6. The number of hydrogen-bond acceptors (Lipinski definition) is 6. The largest absolute Gasteiger partial charge is 0.502 e. The number of aromatic hydroxyl groups is 1. The highest BCUT2D eigenvalue weighted by atomic mass is 32.2. The Bertz CT molecular complexity index is 998. The molecule has 0 radical (unpaired) electrons. The summed E-state index contributed by atoms with van der Waals surface area (Å²) in [6.45, 7) is 0. The minimum Gasteiger partial charge on any atom is -0.502 e. The Labute approximate surface area is 161 Å². The van der Waals surface area contributed by atoms with Crippen molar-refractivity contribution in [3.8, 4) is 5.75 Å². The number of nitro benzene ring substituents is 1.